The minimum atomic E-state index is -1.34. The molecule has 0 spiro atoms. The third-order valence-electron chi connectivity index (χ3n) is 7.51. The number of fused-ring (bicyclic) bond motifs is 1. The summed E-state index contributed by atoms with van der Waals surface area (Å²) in [5.41, 5.74) is 4.55. The van der Waals surface area contributed by atoms with E-state index in [0.29, 0.717) is 33.5 Å². The number of ketones is 1. The minimum absolute atomic E-state index is 0.107. The quantitative estimate of drug-likeness (QED) is 0.260. The number of carbonyl (C=O) groups is 3. The molecule has 2 N–H and O–H groups in total. The van der Waals surface area contributed by atoms with E-state index in [1.54, 1.807) is 46.2 Å². The van der Waals surface area contributed by atoms with Crippen molar-refractivity contribution < 1.29 is 18.8 Å². The van der Waals surface area contributed by atoms with E-state index in [4.69, 9.17) is 0 Å². The molecule has 0 saturated carbocycles. The second-order valence-corrected chi connectivity index (χ2v) is 10.5. The van der Waals surface area contributed by atoms with Gasteiger partial charge in [0.1, 0.15) is 25.1 Å². The van der Waals surface area contributed by atoms with Crippen LogP contribution in [-0.2, 0) is 16.1 Å². The van der Waals surface area contributed by atoms with Crippen molar-refractivity contribution in [3.63, 3.8) is 0 Å². The van der Waals surface area contributed by atoms with Crippen molar-refractivity contribution in [1.29, 1.82) is 0 Å². The zero-order valence-electron chi connectivity index (χ0n) is 23.6. The van der Waals surface area contributed by atoms with Crippen LogP contribution in [0.15, 0.2) is 79.6 Å². The van der Waals surface area contributed by atoms with E-state index in [1.165, 1.54) is 18.2 Å². The first-order chi connectivity index (χ1) is 20.8. The van der Waals surface area contributed by atoms with Crippen LogP contribution in [0, 0.1) is 6.92 Å². The summed E-state index contributed by atoms with van der Waals surface area (Å²) in [6.45, 7) is 3.00. The molecular weight excluding hydrogens is 551 g/mol. The zero-order valence-corrected chi connectivity index (χ0v) is 23.6. The van der Waals surface area contributed by atoms with E-state index in [1.807, 2.05) is 43.3 Å². The van der Waals surface area contributed by atoms with E-state index in [0.717, 1.165) is 11.4 Å². The predicted octanol–water partition coefficient (Wildman–Crippen LogP) is 4.45. The summed E-state index contributed by atoms with van der Waals surface area (Å²) in [5, 5.41) is 11.1. The van der Waals surface area contributed by atoms with Crippen LogP contribution in [0.1, 0.15) is 29.4 Å². The van der Waals surface area contributed by atoms with Gasteiger partial charge in [0.2, 0.25) is 11.8 Å². The molecule has 1 aliphatic rings. The van der Waals surface area contributed by atoms with E-state index < -0.39 is 24.0 Å². The number of para-hydroxylation sites is 2. The Balaban J connectivity index is 1.23. The molecule has 11 nitrogen and oxygen atoms in total. The number of rotatable bonds is 8. The van der Waals surface area contributed by atoms with Crippen molar-refractivity contribution in [3.05, 3.63) is 90.9 Å². The number of nitrogens with one attached hydrogen (secondary N) is 2. The van der Waals surface area contributed by atoms with Gasteiger partial charge in [-0.25, -0.2) is 19.0 Å². The number of nitrogens with zero attached hydrogens (tertiary/aromatic N) is 6. The molecule has 2 atom stereocenters. The van der Waals surface area contributed by atoms with Crippen LogP contribution >= 0.6 is 0 Å². The Labute approximate surface area is 246 Å². The lowest BCUT2D eigenvalue weighted by atomic mass is 10.1. The van der Waals surface area contributed by atoms with Crippen LogP contribution < -0.4 is 10.6 Å². The number of anilines is 3. The zero-order chi connectivity index (χ0) is 30.1. The van der Waals surface area contributed by atoms with Crippen LogP contribution in [0.5, 0.6) is 0 Å². The van der Waals surface area contributed by atoms with Gasteiger partial charge < -0.3 is 20.1 Å². The Bertz CT molecular complexity index is 1830. The molecule has 218 valence electrons. The number of amides is 2. The smallest absolute Gasteiger partial charge is 0.247 e. The van der Waals surface area contributed by atoms with Crippen LogP contribution in [0.25, 0.3) is 16.6 Å². The van der Waals surface area contributed by atoms with Crippen LogP contribution in [-0.4, -0.2) is 65.6 Å². The Kier molecular flexibility index (Phi) is 7.41. The van der Waals surface area contributed by atoms with E-state index in [2.05, 4.69) is 25.7 Å². The average Bonchev–Trinajstić information content (AvgIpc) is 3.70. The van der Waals surface area contributed by atoms with Crippen molar-refractivity contribution in [3.8, 4) is 5.69 Å². The number of halogens is 1. The summed E-state index contributed by atoms with van der Waals surface area (Å²) in [4.78, 5) is 48.8. The van der Waals surface area contributed by atoms with Crippen LogP contribution in [0.4, 0.5) is 21.5 Å². The van der Waals surface area contributed by atoms with Crippen LogP contribution in [0.2, 0.25) is 0 Å². The Morgan fingerprint density at radius 3 is 2.58 bits per heavy atom. The number of aryl methyl sites for hydroxylation is 1. The molecule has 12 heteroatoms. The van der Waals surface area contributed by atoms with Gasteiger partial charge in [-0.1, -0.05) is 12.1 Å². The third-order valence-corrected chi connectivity index (χ3v) is 7.51. The number of hydrogen-bond acceptors (Lipinski definition) is 7. The van der Waals surface area contributed by atoms with Gasteiger partial charge in [-0.05, 0) is 50.2 Å². The largest absolute Gasteiger partial charge is 0.353 e. The molecule has 0 bridgehead atoms. The van der Waals surface area contributed by atoms with Gasteiger partial charge in [0.05, 0.1) is 36.0 Å². The third kappa shape index (κ3) is 5.59. The highest BCUT2D eigenvalue weighted by atomic mass is 19.1. The topological polar surface area (TPSA) is 127 Å². The van der Waals surface area contributed by atoms with Gasteiger partial charge >= 0.3 is 0 Å². The molecule has 1 aliphatic heterocycles. The molecule has 1 fully saturated rings. The summed E-state index contributed by atoms with van der Waals surface area (Å²) < 4.78 is 18.1. The van der Waals surface area contributed by atoms with Gasteiger partial charge in [0, 0.05) is 46.7 Å². The number of hydrogen-bond donors (Lipinski definition) is 2. The summed E-state index contributed by atoms with van der Waals surface area (Å²) >= 11 is 0. The van der Waals surface area contributed by atoms with Gasteiger partial charge in [-0.2, -0.15) is 5.10 Å². The van der Waals surface area contributed by atoms with Gasteiger partial charge in [0.25, 0.3) is 0 Å². The molecule has 1 saturated heterocycles. The molecule has 3 aromatic heterocycles. The molecule has 2 unspecified atom stereocenters. The summed E-state index contributed by atoms with van der Waals surface area (Å²) in [7, 11) is 0. The average molecular weight is 581 g/mol. The first kappa shape index (κ1) is 27.8. The Morgan fingerprint density at radius 2 is 1.84 bits per heavy atom. The Morgan fingerprint density at radius 1 is 1.05 bits per heavy atom. The fourth-order valence-electron chi connectivity index (χ4n) is 5.46. The highest BCUT2D eigenvalue weighted by molar-refractivity contribution is 6.08. The molecule has 0 aliphatic carbocycles. The number of Topliss-reactive ketones (excluding diaryl/α,β-unsaturated/α-hetero) is 1. The molecule has 2 aromatic carbocycles. The first-order valence-electron chi connectivity index (χ1n) is 13.8. The molecule has 5 aromatic rings. The number of aromatic nitrogens is 5. The van der Waals surface area contributed by atoms with E-state index in [-0.39, 0.29) is 25.3 Å². The molecule has 43 heavy (non-hydrogen) atoms. The number of alkyl halides is 1. The summed E-state index contributed by atoms with van der Waals surface area (Å²) in [6.07, 6.45) is 6.53. The van der Waals surface area contributed by atoms with Gasteiger partial charge in [0.15, 0.2) is 5.78 Å². The maximum absolute atomic E-state index is 14.7. The second kappa shape index (κ2) is 11.5. The highest BCUT2D eigenvalue weighted by Gasteiger charge is 2.40. The second-order valence-electron chi connectivity index (χ2n) is 10.5. The van der Waals surface area contributed by atoms with E-state index in [9.17, 15) is 18.8 Å². The number of likely N-dealkylation sites (tertiary alicyclic amines) is 1. The SMILES string of the molecule is CC(=O)c1cn(CC(=O)N2CC(F)CC2C(=O)Nc2ccccc2-n2nccc2C)c2ccc(Nc3cncnc3)cc12. The Hall–Kier alpha value is -5.39. The minimum Gasteiger partial charge on any atom is -0.353 e. The maximum atomic E-state index is 14.7. The molecular formula is C31H29FN8O3. The summed E-state index contributed by atoms with van der Waals surface area (Å²) in [6, 6.07) is 13.5. The normalized spacial score (nSPS) is 16.4. The number of benzene rings is 2. The van der Waals surface area contributed by atoms with E-state index >= 15 is 0 Å². The summed E-state index contributed by atoms with van der Waals surface area (Å²) in [5.74, 6) is -1.06. The van der Waals surface area contributed by atoms with Crippen molar-refractivity contribution in [2.75, 3.05) is 17.2 Å². The first-order valence-corrected chi connectivity index (χ1v) is 13.8. The maximum Gasteiger partial charge on any atom is 0.247 e. The standard InChI is InChI=1S/C31H29FN8O3/c1-19-9-10-35-40(19)28-6-4-3-5-26(28)37-31(43)29-11-21(32)15-39(29)30(42)17-38-16-25(20(2)41)24-12-22(7-8-27(24)38)36-23-13-33-18-34-14-23/h3-10,12-14,16,18,21,29,36H,11,15,17H2,1-2H3,(H,37,43). The monoisotopic (exact) mass is 580 g/mol. The lowest BCUT2D eigenvalue weighted by Gasteiger charge is -2.24. The van der Waals surface area contributed by atoms with Crippen molar-refractivity contribution in [1.82, 2.24) is 29.2 Å². The lowest BCUT2D eigenvalue weighted by molar-refractivity contribution is -0.137. The number of carbonyl (C=O) groups excluding carboxylic acids is 3. The van der Waals surface area contributed by atoms with Crippen LogP contribution in [0.3, 0.4) is 0 Å². The van der Waals surface area contributed by atoms with Crippen molar-refractivity contribution >= 4 is 45.6 Å². The fraction of sp³-hybridized carbons (Fsp3) is 0.226. The molecule has 2 amide bonds. The van der Waals surface area contributed by atoms with Gasteiger partial charge in [-0.15, -0.1) is 0 Å². The molecule has 0 radical (unpaired) electrons. The highest BCUT2D eigenvalue weighted by Crippen LogP contribution is 2.29. The molecule has 4 heterocycles. The van der Waals surface area contributed by atoms with Gasteiger partial charge in [-0.3, -0.25) is 14.4 Å². The van der Waals surface area contributed by atoms with Crippen molar-refractivity contribution in [2.24, 2.45) is 0 Å². The molecule has 6 rings (SSSR count). The lowest BCUT2D eigenvalue weighted by Crippen LogP contribution is -2.44. The van der Waals surface area contributed by atoms with Crippen molar-refractivity contribution in [2.45, 2.75) is 39.0 Å². The fourth-order valence-corrected chi connectivity index (χ4v) is 5.46. The predicted molar refractivity (Wildman–Crippen MR) is 159 cm³/mol.